The van der Waals surface area contributed by atoms with Crippen LogP contribution in [0.25, 0.3) is 0 Å². The van der Waals surface area contributed by atoms with Crippen molar-refractivity contribution in [1.82, 2.24) is 5.32 Å². The fourth-order valence-corrected chi connectivity index (χ4v) is 1.25. The van der Waals surface area contributed by atoms with Gasteiger partial charge >= 0.3 is 0 Å². The molecular weight excluding hydrogens is 152 g/mol. The van der Waals surface area contributed by atoms with Gasteiger partial charge in [0.1, 0.15) is 0 Å². The van der Waals surface area contributed by atoms with Crippen molar-refractivity contribution in [3.63, 3.8) is 0 Å². The molecule has 0 saturated carbocycles. The summed E-state index contributed by atoms with van der Waals surface area (Å²) in [6, 6.07) is 0. The van der Waals surface area contributed by atoms with E-state index in [0.717, 1.165) is 0 Å². The van der Waals surface area contributed by atoms with Gasteiger partial charge in [0, 0.05) is 12.5 Å². The van der Waals surface area contributed by atoms with Crippen LogP contribution in [0, 0.1) is 5.92 Å². The van der Waals surface area contributed by atoms with E-state index < -0.39 is 11.8 Å². The molecule has 1 heterocycles. The number of nitrogens with one attached hydrogen (secondary N) is 1. The van der Waals surface area contributed by atoms with Crippen molar-refractivity contribution >= 4 is 0 Å². The van der Waals surface area contributed by atoms with Crippen LogP contribution in [-0.2, 0) is 4.74 Å². The van der Waals surface area contributed by atoms with Gasteiger partial charge in [0.05, 0.1) is 13.2 Å². The van der Waals surface area contributed by atoms with Gasteiger partial charge in [-0.2, -0.15) is 0 Å². The molecule has 0 aromatic carbocycles. The van der Waals surface area contributed by atoms with Crippen molar-refractivity contribution in [2.75, 3.05) is 26.8 Å². The molecule has 1 rings (SSSR count). The van der Waals surface area contributed by atoms with E-state index in [4.69, 9.17) is 4.74 Å². The number of hydrogen-bond acceptors (Lipinski definition) is 2. The molecule has 0 spiro atoms. The maximum Gasteiger partial charge on any atom is 0.265 e. The van der Waals surface area contributed by atoms with Crippen LogP contribution >= 0.6 is 0 Å². The quantitative estimate of drug-likeness (QED) is 0.670. The second-order valence-corrected chi connectivity index (χ2v) is 2.85. The highest BCUT2D eigenvalue weighted by atomic mass is 19.3. The van der Waals surface area contributed by atoms with Crippen LogP contribution in [-0.4, -0.2) is 32.7 Å². The third kappa shape index (κ3) is 2.10. The minimum absolute atomic E-state index is 0.203. The van der Waals surface area contributed by atoms with Crippen molar-refractivity contribution < 1.29 is 13.5 Å². The van der Waals surface area contributed by atoms with Crippen LogP contribution in [0.4, 0.5) is 8.78 Å². The molecule has 1 unspecified atom stereocenters. The van der Waals surface area contributed by atoms with Crippen molar-refractivity contribution in [3.05, 3.63) is 0 Å². The first-order valence-corrected chi connectivity index (χ1v) is 3.77. The van der Waals surface area contributed by atoms with Gasteiger partial charge in [-0.3, -0.25) is 0 Å². The molecule has 1 aliphatic rings. The smallest absolute Gasteiger partial charge is 0.265 e. The fraction of sp³-hybridized carbons (Fsp3) is 1.00. The fourth-order valence-electron chi connectivity index (χ4n) is 1.25. The van der Waals surface area contributed by atoms with Crippen LogP contribution < -0.4 is 5.32 Å². The molecule has 0 aliphatic carbocycles. The first kappa shape index (κ1) is 8.87. The lowest BCUT2D eigenvalue weighted by Gasteiger charge is -2.21. The lowest BCUT2D eigenvalue weighted by molar-refractivity contribution is -0.0559. The van der Waals surface area contributed by atoms with E-state index in [1.54, 1.807) is 0 Å². The predicted octanol–water partition coefficient (Wildman–Crippen LogP) is 0.878. The van der Waals surface area contributed by atoms with Gasteiger partial charge in [0.2, 0.25) is 0 Å². The van der Waals surface area contributed by atoms with Gasteiger partial charge in [-0.1, -0.05) is 0 Å². The predicted molar refractivity (Wildman–Crippen MR) is 37.8 cm³/mol. The summed E-state index contributed by atoms with van der Waals surface area (Å²) >= 11 is 0. The van der Waals surface area contributed by atoms with Gasteiger partial charge in [-0.25, -0.2) is 8.78 Å². The normalized spacial score (nSPS) is 25.9. The van der Waals surface area contributed by atoms with E-state index in [0.29, 0.717) is 13.0 Å². The van der Waals surface area contributed by atoms with E-state index in [1.165, 1.54) is 7.05 Å². The standard InChI is InChI=1S/C7H13F2NO/c1-10-5-7(8,9)6-2-3-11-4-6/h6,10H,2-5H2,1H3. The van der Waals surface area contributed by atoms with Crippen molar-refractivity contribution in [2.24, 2.45) is 5.92 Å². The lowest BCUT2D eigenvalue weighted by Crippen LogP contribution is -2.38. The van der Waals surface area contributed by atoms with Crippen LogP contribution in [0.5, 0.6) is 0 Å². The van der Waals surface area contributed by atoms with Crippen molar-refractivity contribution in [1.29, 1.82) is 0 Å². The van der Waals surface area contributed by atoms with E-state index in [1.807, 2.05) is 0 Å². The first-order chi connectivity index (χ1) is 5.17. The van der Waals surface area contributed by atoms with E-state index in [2.05, 4.69) is 5.32 Å². The lowest BCUT2D eigenvalue weighted by atomic mass is 10.0. The molecule has 0 bridgehead atoms. The molecule has 0 aromatic rings. The Hall–Kier alpha value is -0.220. The van der Waals surface area contributed by atoms with Crippen LogP contribution in [0.1, 0.15) is 6.42 Å². The minimum atomic E-state index is -2.61. The molecule has 0 radical (unpaired) electrons. The van der Waals surface area contributed by atoms with Gasteiger partial charge in [0.15, 0.2) is 0 Å². The highest BCUT2D eigenvalue weighted by Crippen LogP contribution is 2.30. The zero-order valence-corrected chi connectivity index (χ0v) is 6.57. The Morgan fingerprint density at radius 3 is 2.82 bits per heavy atom. The second-order valence-electron chi connectivity index (χ2n) is 2.85. The molecule has 11 heavy (non-hydrogen) atoms. The molecular formula is C7H13F2NO. The molecule has 2 nitrogen and oxygen atoms in total. The van der Waals surface area contributed by atoms with Crippen molar-refractivity contribution in [2.45, 2.75) is 12.3 Å². The molecule has 1 fully saturated rings. The van der Waals surface area contributed by atoms with Gasteiger partial charge < -0.3 is 10.1 Å². The van der Waals surface area contributed by atoms with E-state index in [9.17, 15) is 8.78 Å². The summed E-state index contributed by atoms with van der Waals surface area (Å²) in [4.78, 5) is 0. The zero-order valence-electron chi connectivity index (χ0n) is 6.57. The Morgan fingerprint density at radius 2 is 2.36 bits per heavy atom. The summed E-state index contributed by atoms with van der Waals surface area (Å²) in [5.41, 5.74) is 0. The maximum atomic E-state index is 13.0. The Morgan fingerprint density at radius 1 is 1.64 bits per heavy atom. The van der Waals surface area contributed by atoms with Crippen LogP contribution in [0.15, 0.2) is 0 Å². The average Bonchev–Trinajstić information content (AvgIpc) is 2.37. The highest BCUT2D eigenvalue weighted by Gasteiger charge is 2.40. The van der Waals surface area contributed by atoms with Crippen molar-refractivity contribution in [3.8, 4) is 0 Å². The highest BCUT2D eigenvalue weighted by molar-refractivity contribution is 4.81. The third-order valence-electron chi connectivity index (χ3n) is 1.94. The third-order valence-corrected chi connectivity index (χ3v) is 1.94. The molecule has 66 valence electrons. The summed E-state index contributed by atoms with van der Waals surface area (Å²) < 4.78 is 30.9. The van der Waals surface area contributed by atoms with Gasteiger partial charge in [-0.05, 0) is 13.5 Å². The zero-order chi connectivity index (χ0) is 8.32. The summed E-state index contributed by atoms with van der Waals surface area (Å²) in [5.74, 6) is -3.19. The first-order valence-electron chi connectivity index (χ1n) is 3.77. The van der Waals surface area contributed by atoms with Gasteiger partial charge in [0.25, 0.3) is 5.92 Å². The number of rotatable bonds is 3. The molecule has 1 atom stereocenters. The Bertz CT molecular complexity index is 124. The summed E-state index contributed by atoms with van der Waals surface area (Å²) in [6.45, 7) is 0.430. The Balaban J connectivity index is 2.41. The molecule has 0 aromatic heterocycles. The number of ether oxygens (including phenoxy) is 1. The number of halogens is 2. The topological polar surface area (TPSA) is 21.3 Å². The van der Waals surface area contributed by atoms with Crippen LogP contribution in [0.3, 0.4) is 0 Å². The number of alkyl halides is 2. The SMILES string of the molecule is CNCC(F)(F)C1CCOC1. The van der Waals surface area contributed by atoms with Gasteiger partial charge in [-0.15, -0.1) is 0 Å². The minimum Gasteiger partial charge on any atom is -0.381 e. The van der Waals surface area contributed by atoms with E-state index in [-0.39, 0.29) is 13.2 Å². The summed E-state index contributed by atoms with van der Waals surface area (Å²) in [6.07, 6.45) is 0.481. The summed E-state index contributed by atoms with van der Waals surface area (Å²) in [7, 11) is 1.53. The Labute approximate surface area is 64.9 Å². The molecule has 1 aliphatic heterocycles. The summed E-state index contributed by atoms with van der Waals surface area (Å²) in [5, 5.41) is 2.48. The number of hydrogen-bond donors (Lipinski definition) is 1. The monoisotopic (exact) mass is 165 g/mol. The van der Waals surface area contributed by atoms with E-state index >= 15 is 0 Å². The Kier molecular flexibility index (Phi) is 2.78. The second kappa shape index (κ2) is 3.45. The molecule has 4 heteroatoms. The van der Waals surface area contributed by atoms with Crippen LogP contribution in [0.2, 0.25) is 0 Å². The molecule has 0 amide bonds. The molecule has 1 N–H and O–H groups in total. The average molecular weight is 165 g/mol. The maximum absolute atomic E-state index is 13.0. The molecule has 1 saturated heterocycles. The largest absolute Gasteiger partial charge is 0.381 e.